The molecule has 1 aliphatic heterocycles. The number of nitrogens with one attached hydrogen (secondary N) is 1. The first-order valence-electron chi connectivity index (χ1n) is 5.25. The fourth-order valence-electron chi connectivity index (χ4n) is 1.70. The van der Waals surface area contributed by atoms with E-state index in [1.54, 1.807) is 0 Å². The summed E-state index contributed by atoms with van der Waals surface area (Å²) in [7, 11) is 0. The van der Waals surface area contributed by atoms with Crippen LogP contribution in [0.4, 0.5) is 0 Å². The molecule has 0 aromatic carbocycles. The molecule has 3 heteroatoms. The topological polar surface area (TPSA) is 36.8 Å². The summed E-state index contributed by atoms with van der Waals surface area (Å²) in [6.45, 7) is 8.56. The Morgan fingerprint density at radius 3 is 2.79 bits per heavy atom. The highest BCUT2D eigenvalue weighted by atomic mass is 14.9. The smallest absolute Gasteiger partial charge is 0.0361 e. The lowest BCUT2D eigenvalue weighted by molar-refractivity contribution is 0.429. The van der Waals surface area contributed by atoms with Crippen LogP contribution in [0.2, 0.25) is 0 Å². The maximum atomic E-state index is 4.26. The Labute approximate surface area is 86.0 Å². The van der Waals surface area contributed by atoms with Crippen LogP contribution in [0.25, 0.3) is 0 Å². The second-order valence-electron chi connectivity index (χ2n) is 3.46. The highest BCUT2D eigenvalue weighted by Gasteiger charge is 2.15. The van der Waals surface area contributed by atoms with E-state index >= 15 is 0 Å². The van der Waals surface area contributed by atoms with Crippen molar-refractivity contribution in [2.75, 3.05) is 19.6 Å². The van der Waals surface area contributed by atoms with Crippen LogP contribution in [0.15, 0.2) is 21.8 Å². The molecule has 14 heavy (non-hydrogen) atoms. The summed E-state index contributed by atoms with van der Waals surface area (Å²) in [5, 5.41) is 3.35. The van der Waals surface area contributed by atoms with E-state index < -0.39 is 0 Å². The predicted octanol–water partition coefficient (Wildman–Crippen LogP) is 1.66. The summed E-state index contributed by atoms with van der Waals surface area (Å²) in [5.74, 6) is 0.608. The summed E-state index contributed by atoms with van der Waals surface area (Å²) < 4.78 is 0. The van der Waals surface area contributed by atoms with Crippen molar-refractivity contribution in [2.24, 2.45) is 15.9 Å². The maximum Gasteiger partial charge on any atom is 0.0361 e. The third-order valence-corrected chi connectivity index (χ3v) is 2.47. The van der Waals surface area contributed by atoms with E-state index in [9.17, 15) is 0 Å². The zero-order valence-electron chi connectivity index (χ0n) is 8.87. The molecular formula is C11H19N3. The van der Waals surface area contributed by atoms with Gasteiger partial charge in [0.25, 0.3) is 0 Å². The molecule has 1 heterocycles. The van der Waals surface area contributed by atoms with E-state index in [1.807, 2.05) is 19.3 Å². The number of piperidine rings is 1. The van der Waals surface area contributed by atoms with Crippen molar-refractivity contribution in [3.8, 4) is 0 Å². The van der Waals surface area contributed by atoms with E-state index in [0.29, 0.717) is 5.92 Å². The second kappa shape index (κ2) is 6.49. The van der Waals surface area contributed by atoms with Crippen molar-refractivity contribution in [2.45, 2.75) is 19.8 Å². The van der Waals surface area contributed by atoms with Gasteiger partial charge in [-0.15, -0.1) is 0 Å². The van der Waals surface area contributed by atoms with Gasteiger partial charge in [0.1, 0.15) is 0 Å². The Morgan fingerprint density at radius 1 is 1.50 bits per heavy atom. The van der Waals surface area contributed by atoms with E-state index in [1.165, 1.54) is 18.4 Å². The Bertz CT molecular complexity index is 225. The fourth-order valence-corrected chi connectivity index (χ4v) is 1.70. The molecule has 0 aliphatic carbocycles. The number of hydrogen-bond donors (Lipinski definition) is 1. The van der Waals surface area contributed by atoms with Crippen LogP contribution in [0.3, 0.4) is 0 Å². The minimum Gasteiger partial charge on any atom is -0.317 e. The van der Waals surface area contributed by atoms with Crippen molar-refractivity contribution in [3.63, 3.8) is 0 Å². The van der Waals surface area contributed by atoms with E-state index in [-0.39, 0.29) is 0 Å². The van der Waals surface area contributed by atoms with Gasteiger partial charge in [-0.05, 0) is 51.1 Å². The standard InChI is InChI=1S/C11H19N3/c1-3-13-9-11(8-12-2)10-4-6-14-7-5-10/h8-10,14H,2-7H2,1H3/b11-8+,13-9?. The molecule has 0 aromatic rings. The average Bonchev–Trinajstić information content (AvgIpc) is 2.25. The van der Waals surface area contributed by atoms with Gasteiger partial charge in [-0.1, -0.05) is 0 Å². The molecule has 1 aliphatic rings. The third-order valence-electron chi connectivity index (χ3n) is 2.47. The largest absolute Gasteiger partial charge is 0.317 e. The first-order chi connectivity index (χ1) is 6.88. The molecular weight excluding hydrogens is 174 g/mol. The average molecular weight is 193 g/mol. The van der Waals surface area contributed by atoms with Crippen molar-refractivity contribution in [3.05, 3.63) is 11.8 Å². The van der Waals surface area contributed by atoms with Crippen molar-refractivity contribution >= 4 is 12.9 Å². The van der Waals surface area contributed by atoms with E-state index in [4.69, 9.17) is 0 Å². The van der Waals surface area contributed by atoms with Gasteiger partial charge in [-0.2, -0.15) is 0 Å². The number of hydrogen-bond acceptors (Lipinski definition) is 3. The Hall–Kier alpha value is -0.960. The summed E-state index contributed by atoms with van der Waals surface area (Å²) >= 11 is 0. The van der Waals surface area contributed by atoms with Gasteiger partial charge >= 0.3 is 0 Å². The summed E-state index contributed by atoms with van der Waals surface area (Å²) in [6, 6.07) is 0. The Balaban J connectivity index is 2.60. The van der Waals surface area contributed by atoms with Crippen LogP contribution >= 0.6 is 0 Å². The van der Waals surface area contributed by atoms with E-state index in [0.717, 1.165) is 19.6 Å². The molecule has 1 N–H and O–H groups in total. The van der Waals surface area contributed by atoms with E-state index in [2.05, 4.69) is 22.0 Å². The molecule has 1 saturated heterocycles. The lowest BCUT2D eigenvalue weighted by Gasteiger charge is -2.22. The first kappa shape index (κ1) is 11.1. The molecule has 0 spiro atoms. The van der Waals surface area contributed by atoms with Gasteiger partial charge in [0, 0.05) is 19.0 Å². The SMILES string of the molecule is C=N/C=C(\C=NCC)C1CCNCC1. The van der Waals surface area contributed by atoms with Gasteiger partial charge in [0.05, 0.1) is 0 Å². The fraction of sp³-hybridized carbons (Fsp3) is 0.636. The highest BCUT2D eigenvalue weighted by Crippen LogP contribution is 2.19. The normalized spacial score (nSPS) is 20.2. The second-order valence-corrected chi connectivity index (χ2v) is 3.46. The molecule has 0 atom stereocenters. The first-order valence-corrected chi connectivity index (χ1v) is 5.25. The molecule has 0 bridgehead atoms. The van der Waals surface area contributed by atoms with Crippen LogP contribution in [0.5, 0.6) is 0 Å². The predicted molar refractivity (Wildman–Crippen MR) is 62.3 cm³/mol. The van der Waals surface area contributed by atoms with Crippen LogP contribution in [-0.4, -0.2) is 32.6 Å². The molecule has 1 rings (SSSR count). The number of nitrogens with zero attached hydrogens (tertiary/aromatic N) is 2. The third kappa shape index (κ3) is 3.42. The number of aliphatic imine (C=N–C) groups is 2. The van der Waals surface area contributed by atoms with Crippen molar-refractivity contribution < 1.29 is 0 Å². The molecule has 0 radical (unpaired) electrons. The van der Waals surface area contributed by atoms with Gasteiger partial charge in [-0.3, -0.25) is 9.98 Å². The zero-order chi connectivity index (χ0) is 10.2. The number of allylic oxidation sites excluding steroid dienone is 1. The maximum absolute atomic E-state index is 4.26. The quantitative estimate of drug-likeness (QED) is 0.677. The minimum atomic E-state index is 0.608. The van der Waals surface area contributed by atoms with Crippen molar-refractivity contribution in [1.29, 1.82) is 0 Å². The molecule has 0 saturated carbocycles. The van der Waals surface area contributed by atoms with Gasteiger partial charge in [-0.25, -0.2) is 0 Å². The molecule has 78 valence electrons. The molecule has 0 unspecified atom stereocenters. The monoisotopic (exact) mass is 193 g/mol. The number of rotatable bonds is 4. The zero-order valence-corrected chi connectivity index (χ0v) is 8.87. The highest BCUT2D eigenvalue weighted by molar-refractivity contribution is 5.79. The summed E-state index contributed by atoms with van der Waals surface area (Å²) in [4.78, 5) is 8.10. The summed E-state index contributed by atoms with van der Waals surface area (Å²) in [5.41, 5.74) is 1.23. The van der Waals surface area contributed by atoms with Crippen molar-refractivity contribution in [1.82, 2.24) is 5.32 Å². The van der Waals surface area contributed by atoms with Gasteiger partial charge in [0.15, 0.2) is 0 Å². The van der Waals surface area contributed by atoms with Gasteiger partial charge in [0.2, 0.25) is 0 Å². The Morgan fingerprint density at radius 2 is 2.21 bits per heavy atom. The molecule has 0 aromatic heterocycles. The minimum absolute atomic E-state index is 0.608. The van der Waals surface area contributed by atoms with Crippen LogP contribution in [0.1, 0.15) is 19.8 Å². The molecule has 3 nitrogen and oxygen atoms in total. The van der Waals surface area contributed by atoms with Gasteiger partial charge < -0.3 is 5.32 Å². The van der Waals surface area contributed by atoms with Crippen LogP contribution in [0, 0.1) is 5.92 Å². The molecule has 1 fully saturated rings. The van der Waals surface area contributed by atoms with Crippen LogP contribution in [-0.2, 0) is 0 Å². The lowest BCUT2D eigenvalue weighted by atomic mass is 9.91. The van der Waals surface area contributed by atoms with Crippen LogP contribution < -0.4 is 5.32 Å². The molecule has 0 amide bonds. The Kier molecular flexibility index (Phi) is 5.15. The lowest BCUT2D eigenvalue weighted by Crippen LogP contribution is -2.28. The summed E-state index contributed by atoms with van der Waals surface area (Å²) in [6.07, 6.45) is 6.15.